The molecule has 10 heteroatoms. The van der Waals surface area contributed by atoms with Crippen molar-refractivity contribution in [2.45, 2.75) is 71.0 Å². The average Bonchev–Trinajstić information content (AvgIpc) is 3.43. The summed E-state index contributed by atoms with van der Waals surface area (Å²) in [5.41, 5.74) is 3.71. The van der Waals surface area contributed by atoms with Gasteiger partial charge in [0, 0.05) is 25.8 Å². The minimum absolute atomic E-state index is 0.0609. The highest BCUT2D eigenvalue weighted by Gasteiger charge is 2.32. The molecule has 3 amide bonds. The van der Waals surface area contributed by atoms with Crippen molar-refractivity contribution < 1.29 is 19.1 Å². The Morgan fingerprint density at radius 2 is 1.86 bits per heavy atom. The van der Waals surface area contributed by atoms with Crippen LogP contribution in [-0.2, 0) is 27.3 Å². The van der Waals surface area contributed by atoms with Gasteiger partial charge in [0.05, 0.1) is 18.7 Å². The summed E-state index contributed by atoms with van der Waals surface area (Å²) in [5, 5.41) is 14.2. The number of ether oxygens (including phenoxy) is 1. The van der Waals surface area contributed by atoms with Crippen molar-refractivity contribution in [1.29, 1.82) is 0 Å². The number of hydrogen-bond acceptors (Lipinski definition) is 6. The van der Waals surface area contributed by atoms with E-state index in [0.717, 1.165) is 41.7 Å². The Bertz CT molecular complexity index is 1390. The van der Waals surface area contributed by atoms with Crippen molar-refractivity contribution in [2.24, 2.45) is 5.92 Å². The number of hydrogen-bond donors (Lipinski definition) is 2. The highest BCUT2D eigenvalue weighted by Crippen LogP contribution is 2.24. The Morgan fingerprint density at radius 1 is 1.02 bits per heavy atom. The standard InChI is InChI=1S/C32H40N6O4/c1-22-10-12-27-17-26(22)19-33-31(40)28(13-11-24-7-4-3-5-8-24)34-32(41)29(38-20-23(2)35-36-38)18-30(39)37-15-6-9-25(21-37)14-16-42-27/h3-5,7-8,10,12,17,20,25,28-29H,6,9,11,13-16,18-19,21H2,1-2H3,(H,33,40)(H,34,41)/t25?,28-,29-/m0/s1. The Kier molecular flexibility index (Phi) is 9.51. The first kappa shape index (κ1) is 29.3. The molecule has 3 aromatic rings. The van der Waals surface area contributed by atoms with E-state index in [1.807, 2.05) is 60.4 Å². The van der Waals surface area contributed by atoms with Crippen LogP contribution in [0.2, 0.25) is 0 Å². The maximum Gasteiger partial charge on any atom is 0.246 e. The number of amides is 3. The summed E-state index contributed by atoms with van der Waals surface area (Å²) < 4.78 is 7.54. The van der Waals surface area contributed by atoms with Crippen LogP contribution < -0.4 is 15.4 Å². The zero-order valence-corrected chi connectivity index (χ0v) is 24.4. The van der Waals surface area contributed by atoms with E-state index in [9.17, 15) is 14.4 Å². The maximum absolute atomic E-state index is 13.8. The summed E-state index contributed by atoms with van der Waals surface area (Å²) in [6.07, 6.45) is 5.37. The van der Waals surface area contributed by atoms with Crippen molar-refractivity contribution in [3.05, 3.63) is 77.1 Å². The van der Waals surface area contributed by atoms with Gasteiger partial charge >= 0.3 is 0 Å². The largest absolute Gasteiger partial charge is 0.494 e. The van der Waals surface area contributed by atoms with E-state index < -0.39 is 18.0 Å². The Balaban J connectivity index is 1.43. The number of fused-ring (bicyclic) bond motifs is 4. The van der Waals surface area contributed by atoms with Crippen molar-refractivity contribution in [2.75, 3.05) is 19.7 Å². The van der Waals surface area contributed by atoms with Gasteiger partial charge in [-0.25, -0.2) is 4.68 Å². The molecule has 3 heterocycles. The third kappa shape index (κ3) is 7.54. The monoisotopic (exact) mass is 572 g/mol. The first-order valence-electron chi connectivity index (χ1n) is 14.9. The van der Waals surface area contributed by atoms with Gasteiger partial charge in [0.2, 0.25) is 17.7 Å². The molecule has 1 aromatic heterocycles. The number of nitrogens with zero attached hydrogens (tertiary/aromatic N) is 4. The van der Waals surface area contributed by atoms with Crippen LogP contribution in [0.15, 0.2) is 54.7 Å². The van der Waals surface area contributed by atoms with Gasteiger partial charge in [-0.15, -0.1) is 5.10 Å². The maximum atomic E-state index is 13.8. The second kappa shape index (κ2) is 13.6. The number of nitrogens with one attached hydrogen (secondary N) is 2. The SMILES string of the molecule is Cc1cn([C@H]2CC(=O)N3CCCC(CCOc4ccc(C)c(c4)CNC(=O)[C@H](CCc4ccccc4)NC2=O)C3)nn1. The molecule has 2 N–H and O–H groups in total. The van der Waals surface area contributed by atoms with Gasteiger partial charge in [-0.05, 0) is 80.7 Å². The Morgan fingerprint density at radius 3 is 2.64 bits per heavy atom. The molecule has 0 spiro atoms. The van der Waals surface area contributed by atoms with Gasteiger partial charge in [-0.2, -0.15) is 0 Å². The third-order valence-electron chi connectivity index (χ3n) is 8.25. The lowest BCUT2D eigenvalue weighted by Gasteiger charge is -2.33. The average molecular weight is 573 g/mol. The first-order valence-corrected chi connectivity index (χ1v) is 14.9. The van der Waals surface area contributed by atoms with Gasteiger partial charge in [0.25, 0.3) is 0 Å². The van der Waals surface area contributed by atoms with Crippen molar-refractivity contribution in [3.8, 4) is 5.75 Å². The van der Waals surface area contributed by atoms with Gasteiger partial charge in [0.1, 0.15) is 17.8 Å². The Hall–Kier alpha value is -4.21. The van der Waals surface area contributed by atoms with E-state index in [4.69, 9.17) is 4.74 Å². The number of aromatic nitrogens is 3. The number of carbonyl (C=O) groups is 3. The predicted octanol–water partition coefficient (Wildman–Crippen LogP) is 3.28. The van der Waals surface area contributed by atoms with Crippen LogP contribution in [0.25, 0.3) is 0 Å². The fourth-order valence-electron chi connectivity index (χ4n) is 5.72. The second-order valence-corrected chi connectivity index (χ2v) is 11.4. The van der Waals surface area contributed by atoms with E-state index in [-0.39, 0.29) is 18.2 Å². The summed E-state index contributed by atoms with van der Waals surface area (Å²) in [7, 11) is 0. The minimum Gasteiger partial charge on any atom is -0.494 e. The molecule has 4 bridgehead atoms. The second-order valence-electron chi connectivity index (χ2n) is 11.4. The molecule has 2 aliphatic heterocycles. The minimum atomic E-state index is -0.924. The molecule has 3 atom stereocenters. The van der Waals surface area contributed by atoms with Crippen molar-refractivity contribution in [3.63, 3.8) is 0 Å². The van der Waals surface area contributed by atoms with Crippen LogP contribution in [0.5, 0.6) is 5.75 Å². The van der Waals surface area contributed by atoms with Gasteiger partial charge < -0.3 is 20.3 Å². The molecule has 2 aromatic carbocycles. The fraction of sp³-hybridized carbons (Fsp3) is 0.469. The molecule has 2 aliphatic rings. The first-order chi connectivity index (χ1) is 20.4. The smallest absolute Gasteiger partial charge is 0.246 e. The van der Waals surface area contributed by atoms with E-state index in [1.165, 1.54) is 4.68 Å². The van der Waals surface area contributed by atoms with E-state index >= 15 is 0 Å². The summed E-state index contributed by atoms with van der Waals surface area (Å²) in [4.78, 5) is 42.8. The quantitative estimate of drug-likeness (QED) is 0.496. The molecule has 222 valence electrons. The van der Waals surface area contributed by atoms with Crippen LogP contribution in [0.1, 0.15) is 60.5 Å². The summed E-state index contributed by atoms with van der Waals surface area (Å²) in [6, 6.07) is 14.0. The van der Waals surface area contributed by atoms with E-state index in [2.05, 4.69) is 20.9 Å². The lowest BCUT2D eigenvalue weighted by atomic mass is 9.94. The van der Waals surface area contributed by atoms with Gasteiger partial charge in [-0.3, -0.25) is 14.4 Å². The fourth-order valence-corrected chi connectivity index (χ4v) is 5.72. The molecule has 1 saturated heterocycles. The number of benzene rings is 2. The topological polar surface area (TPSA) is 118 Å². The van der Waals surface area contributed by atoms with Crippen molar-refractivity contribution in [1.82, 2.24) is 30.5 Å². The van der Waals surface area contributed by atoms with E-state index in [0.29, 0.717) is 50.7 Å². The summed E-state index contributed by atoms with van der Waals surface area (Å²) in [5.74, 6) is 0.264. The van der Waals surface area contributed by atoms with Crippen LogP contribution >= 0.6 is 0 Å². The zero-order valence-electron chi connectivity index (χ0n) is 24.4. The van der Waals surface area contributed by atoms with Crippen LogP contribution in [0.3, 0.4) is 0 Å². The number of rotatable bonds is 4. The highest BCUT2D eigenvalue weighted by molar-refractivity contribution is 5.91. The normalized spacial score (nSPS) is 22.4. The van der Waals surface area contributed by atoms with Crippen LogP contribution in [-0.4, -0.2) is 63.4 Å². The van der Waals surface area contributed by atoms with Gasteiger partial charge in [-0.1, -0.05) is 41.6 Å². The zero-order chi connectivity index (χ0) is 29.5. The molecule has 1 fully saturated rings. The third-order valence-corrected chi connectivity index (χ3v) is 8.25. The molecule has 5 rings (SSSR count). The molecule has 1 unspecified atom stereocenters. The van der Waals surface area contributed by atoms with Crippen LogP contribution in [0, 0.1) is 19.8 Å². The summed E-state index contributed by atoms with van der Waals surface area (Å²) in [6.45, 7) is 5.94. The number of aryl methyl sites for hydroxylation is 3. The lowest BCUT2D eigenvalue weighted by molar-refractivity contribution is -0.138. The predicted molar refractivity (Wildman–Crippen MR) is 158 cm³/mol. The van der Waals surface area contributed by atoms with Crippen molar-refractivity contribution >= 4 is 17.7 Å². The molecule has 0 aliphatic carbocycles. The molecule has 0 saturated carbocycles. The van der Waals surface area contributed by atoms with E-state index in [1.54, 1.807) is 13.1 Å². The molecule has 10 nitrogen and oxygen atoms in total. The number of piperidine rings is 1. The Labute approximate surface area is 246 Å². The highest BCUT2D eigenvalue weighted by atomic mass is 16.5. The molecular weight excluding hydrogens is 532 g/mol. The molecule has 42 heavy (non-hydrogen) atoms. The van der Waals surface area contributed by atoms with Crippen LogP contribution in [0.4, 0.5) is 0 Å². The number of carbonyl (C=O) groups excluding carboxylic acids is 3. The molecule has 0 radical (unpaired) electrons. The lowest BCUT2D eigenvalue weighted by Crippen LogP contribution is -2.50. The molecular formula is C32H40N6O4. The van der Waals surface area contributed by atoms with Gasteiger partial charge in [0.15, 0.2) is 0 Å². The summed E-state index contributed by atoms with van der Waals surface area (Å²) >= 11 is 0.